The van der Waals surface area contributed by atoms with Gasteiger partial charge in [-0.05, 0) is 24.6 Å². The number of halogens is 1. The molecule has 0 radical (unpaired) electrons. The minimum absolute atomic E-state index is 0.345. The molecule has 2 rings (SSSR count). The van der Waals surface area contributed by atoms with Gasteiger partial charge in [-0.25, -0.2) is 4.79 Å². The van der Waals surface area contributed by atoms with Crippen LogP contribution in [0.3, 0.4) is 0 Å². The maximum Gasteiger partial charge on any atom is 0.341 e. The molecule has 1 heterocycles. The van der Waals surface area contributed by atoms with Crippen LogP contribution in [0.25, 0.3) is 0 Å². The lowest BCUT2D eigenvalue weighted by Gasteiger charge is -2.04. The molecule has 0 saturated carbocycles. The van der Waals surface area contributed by atoms with E-state index in [-0.39, 0.29) is 5.97 Å². The van der Waals surface area contributed by atoms with E-state index in [2.05, 4.69) is 5.10 Å². The molecule has 0 aliphatic carbocycles. The van der Waals surface area contributed by atoms with Crippen molar-refractivity contribution in [2.75, 3.05) is 12.3 Å². The number of ether oxygens (including phenoxy) is 1. The highest BCUT2D eigenvalue weighted by Crippen LogP contribution is 2.20. The van der Waals surface area contributed by atoms with Crippen LogP contribution < -0.4 is 5.73 Å². The Bertz CT molecular complexity index is 595. The highest BCUT2D eigenvalue weighted by Gasteiger charge is 2.09. The number of hydrogen-bond donors (Lipinski definition) is 1. The fourth-order valence-electron chi connectivity index (χ4n) is 1.65. The fraction of sp³-hybridized carbons (Fsp3) is 0.231. The molecule has 0 aliphatic heterocycles. The summed E-state index contributed by atoms with van der Waals surface area (Å²) in [6.07, 6.45) is 3.13. The number of carbonyl (C=O) groups is 1. The maximum atomic E-state index is 11.5. The van der Waals surface area contributed by atoms with Gasteiger partial charge in [-0.15, -0.1) is 0 Å². The summed E-state index contributed by atoms with van der Waals surface area (Å²) in [5.74, 6) is -0.371. The van der Waals surface area contributed by atoms with Crippen LogP contribution in [-0.2, 0) is 11.3 Å². The Balaban J connectivity index is 2.11. The fourth-order valence-corrected chi connectivity index (χ4v) is 1.77. The molecular weight excluding hydrogens is 266 g/mol. The largest absolute Gasteiger partial charge is 0.462 e. The first-order valence-electron chi connectivity index (χ1n) is 5.83. The molecule has 1 aromatic carbocycles. The first-order valence-corrected chi connectivity index (χ1v) is 6.21. The molecule has 100 valence electrons. The van der Waals surface area contributed by atoms with Crippen LogP contribution in [0, 0.1) is 0 Å². The molecule has 0 atom stereocenters. The molecule has 1 aromatic heterocycles. The molecule has 0 amide bonds. The molecule has 5 nitrogen and oxygen atoms in total. The molecule has 0 spiro atoms. The predicted octanol–water partition coefficient (Wildman–Crippen LogP) is 2.34. The quantitative estimate of drug-likeness (QED) is 0.689. The van der Waals surface area contributed by atoms with Gasteiger partial charge in [0.25, 0.3) is 0 Å². The predicted molar refractivity (Wildman–Crippen MR) is 73.1 cm³/mol. The number of benzene rings is 1. The summed E-state index contributed by atoms with van der Waals surface area (Å²) in [5, 5.41) is 4.63. The lowest BCUT2D eigenvalue weighted by Crippen LogP contribution is -2.04. The molecular formula is C13H14ClN3O2. The van der Waals surface area contributed by atoms with Gasteiger partial charge >= 0.3 is 5.97 Å². The standard InChI is InChI=1S/C13H14ClN3O2/c1-2-19-13(18)10-6-16-17(8-10)7-9-3-4-11(14)12(15)5-9/h3-6,8H,2,7,15H2,1H3. The zero-order valence-electron chi connectivity index (χ0n) is 10.5. The van der Waals surface area contributed by atoms with E-state index in [9.17, 15) is 4.79 Å². The number of rotatable bonds is 4. The summed E-state index contributed by atoms with van der Waals surface area (Å²) in [7, 11) is 0. The monoisotopic (exact) mass is 279 g/mol. The summed E-state index contributed by atoms with van der Waals surface area (Å²) in [6, 6.07) is 5.39. The van der Waals surface area contributed by atoms with E-state index in [4.69, 9.17) is 22.1 Å². The third-order valence-electron chi connectivity index (χ3n) is 2.55. The van der Waals surface area contributed by atoms with Gasteiger partial charge in [0, 0.05) is 6.20 Å². The van der Waals surface area contributed by atoms with E-state index in [0.29, 0.717) is 29.4 Å². The highest BCUT2D eigenvalue weighted by atomic mass is 35.5. The maximum absolute atomic E-state index is 11.5. The van der Waals surface area contributed by atoms with Crippen LogP contribution in [0.1, 0.15) is 22.8 Å². The average molecular weight is 280 g/mol. The van der Waals surface area contributed by atoms with Crippen molar-refractivity contribution in [2.45, 2.75) is 13.5 Å². The Morgan fingerprint density at radius 1 is 1.53 bits per heavy atom. The van der Waals surface area contributed by atoms with Crippen molar-refractivity contribution in [3.8, 4) is 0 Å². The van der Waals surface area contributed by atoms with Gasteiger partial charge in [-0.3, -0.25) is 4.68 Å². The lowest BCUT2D eigenvalue weighted by molar-refractivity contribution is 0.0526. The number of hydrogen-bond acceptors (Lipinski definition) is 4. The van der Waals surface area contributed by atoms with Crippen LogP contribution in [0.5, 0.6) is 0 Å². The van der Waals surface area contributed by atoms with Crippen LogP contribution in [0.4, 0.5) is 5.69 Å². The zero-order chi connectivity index (χ0) is 13.8. The number of anilines is 1. The second-order valence-electron chi connectivity index (χ2n) is 4.00. The second-order valence-corrected chi connectivity index (χ2v) is 4.41. The van der Waals surface area contributed by atoms with Crippen LogP contribution >= 0.6 is 11.6 Å². The molecule has 6 heteroatoms. The van der Waals surface area contributed by atoms with Crippen molar-refractivity contribution in [3.63, 3.8) is 0 Å². The number of nitrogen functional groups attached to an aromatic ring is 1. The third kappa shape index (κ3) is 3.26. The van der Waals surface area contributed by atoms with Crippen molar-refractivity contribution in [3.05, 3.63) is 46.7 Å². The number of nitrogens with two attached hydrogens (primary N) is 1. The van der Waals surface area contributed by atoms with Crippen LogP contribution in [0.2, 0.25) is 5.02 Å². The molecule has 2 N–H and O–H groups in total. The second kappa shape index (κ2) is 5.75. The van der Waals surface area contributed by atoms with Crippen molar-refractivity contribution < 1.29 is 9.53 Å². The summed E-state index contributed by atoms with van der Waals surface area (Å²) < 4.78 is 6.54. The number of nitrogens with zero attached hydrogens (tertiary/aromatic N) is 2. The summed E-state index contributed by atoms with van der Waals surface area (Å²) >= 11 is 5.86. The van der Waals surface area contributed by atoms with E-state index >= 15 is 0 Å². The Morgan fingerprint density at radius 2 is 2.32 bits per heavy atom. The first kappa shape index (κ1) is 13.4. The Hall–Kier alpha value is -2.01. The molecule has 0 fully saturated rings. The van der Waals surface area contributed by atoms with Gasteiger partial charge < -0.3 is 10.5 Å². The van der Waals surface area contributed by atoms with E-state index < -0.39 is 0 Å². The van der Waals surface area contributed by atoms with Crippen molar-refractivity contribution >= 4 is 23.3 Å². The van der Waals surface area contributed by atoms with Crippen molar-refractivity contribution in [1.82, 2.24) is 9.78 Å². The van der Waals surface area contributed by atoms with Crippen molar-refractivity contribution in [2.24, 2.45) is 0 Å². The first-order chi connectivity index (χ1) is 9.10. The normalized spacial score (nSPS) is 10.4. The molecule has 0 saturated heterocycles. The Morgan fingerprint density at radius 3 is 3.00 bits per heavy atom. The summed E-state index contributed by atoms with van der Waals surface area (Å²) in [5.41, 5.74) is 7.65. The van der Waals surface area contributed by atoms with Gasteiger partial charge in [0.1, 0.15) is 0 Å². The van der Waals surface area contributed by atoms with Gasteiger partial charge in [0.15, 0.2) is 0 Å². The third-order valence-corrected chi connectivity index (χ3v) is 2.89. The van der Waals surface area contributed by atoms with Gasteiger partial charge in [-0.1, -0.05) is 17.7 Å². The Labute approximate surface area is 115 Å². The SMILES string of the molecule is CCOC(=O)c1cnn(Cc2ccc(Cl)c(N)c2)c1. The highest BCUT2D eigenvalue weighted by molar-refractivity contribution is 6.33. The summed E-state index contributed by atoms with van der Waals surface area (Å²) in [6.45, 7) is 2.62. The minimum atomic E-state index is -0.371. The van der Waals surface area contributed by atoms with E-state index in [1.807, 2.05) is 6.07 Å². The average Bonchev–Trinajstić information content (AvgIpc) is 2.83. The number of carbonyl (C=O) groups excluding carboxylic acids is 1. The van der Waals surface area contributed by atoms with Crippen molar-refractivity contribution in [1.29, 1.82) is 0 Å². The molecule has 2 aromatic rings. The van der Waals surface area contributed by atoms with Crippen LogP contribution in [-0.4, -0.2) is 22.4 Å². The van der Waals surface area contributed by atoms with Crippen LogP contribution in [0.15, 0.2) is 30.6 Å². The van der Waals surface area contributed by atoms with Gasteiger partial charge in [0.05, 0.1) is 35.6 Å². The lowest BCUT2D eigenvalue weighted by atomic mass is 10.2. The zero-order valence-corrected chi connectivity index (χ0v) is 11.2. The Kier molecular flexibility index (Phi) is 4.06. The number of aromatic nitrogens is 2. The molecule has 0 unspecified atom stereocenters. The smallest absolute Gasteiger partial charge is 0.341 e. The minimum Gasteiger partial charge on any atom is -0.462 e. The van der Waals surface area contributed by atoms with E-state index in [0.717, 1.165) is 5.56 Å². The van der Waals surface area contributed by atoms with Gasteiger partial charge in [0.2, 0.25) is 0 Å². The summed E-state index contributed by atoms with van der Waals surface area (Å²) in [4.78, 5) is 11.5. The molecule has 0 aliphatic rings. The van der Waals surface area contributed by atoms with Gasteiger partial charge in [-0.2, -0.15) is 5.10 Å². The topological polar surface area (TPSA) is 70.1 Å². The number of esters is 1. The molecule has 0 bridgehead atoms. The van der Waals surface area contributed by atoms with E-state index in [1.165, 1.54) is 6.20 Å². The van der Waals surface area contributed by atoms with E-state index in [1.54, 1.807) is 29.9 Å². The molecule has 19 heavy (non-hydrogen) atoms.